The van der Waals surface area contributed by atoms with Gasteiger partial charge in [-0.05, 0) is 64.7 Å². The lowest BCUT2D eigenvalue weighted by Gasteiger charge is -2.32. The quantitative estimate of drug-likeness (QED) is 0.155. The fourth-order valence-corrected chi connectivity index (χ4v) is 8.47. The summed E-state index contributed by atoms with van der Waals surface area (Å²) in [6, 6.07) is 53.4. The van der Waals surface area contributed by atoms with Gasteiger partial charge in [0.05, 0.1) is 22.5 Å². The van der Waals surface area contributed by atoms with Crippen molar-refractivity contribution in [3.05, 3.63) is 203 Å². The van der Waals surface area contributed by atoms with E-state index >= 15 is 0 Å². The zero-order chi connectivity index (χ0) is 35.3. The SMILES string of the molecule is O=S(=O)(O)C1=C(c2ccccc2)c2nc1cc1ccc(cc3ccc(cc4nc(c2-c2ccccc2)C(c2ccccc2)(c2ccccc2)C4)[nH]3)[nH]1. The van der Waals surface area contributed by atoms with Crippen LogP contribution in [0.15, 0.2) is 164 Å². The van der Waals surface area contributed by atoms with Crippen molar-refractivity contribution in [3.8, 4) is 11.1 Å². The number of rotatable bonds is 5. The maximum Gasteiger partial charge on any atom is 0.297 e. The maximum absolute atomic E-state index is 13.6. The van der Waals surface area contributed by atoms with Gasteiger partial charge < -0.3 is 9.97 Å². The number of aromatic nitrogens is 4. The fourth-order valence-electron chi connectivity index (χ4n) is 7.63. The molecule has 2 aliphatic heterocycles. The largest absolute Gasteiger partial charge is 0.355 e. The van der Waals surface area contributed by atoms with Crippen LogP contribution < -0.4 is 0 Å². The lowest BCUT2D eigenvalue weighted by atomic mass is 9.68. The number of H-pyrrole nitrogens is 2. The minimum absolute atomic E-state index is 0.117. The van der Waals surface area contributed by atoms with Crippen molar-refractivity contribution < 1.29 is 13.0 Å². The normalized spacial score (nSPS) is 14.0. The predicted molar refractivity (Wildman–Crippen MR) is 207 cm³/mol. The molecule has 4 aromatic carbocycles. The van der Waals surface area contributed by atoms with Crippen molar-refractivity contribution in [2.24, 2.45) is 0 Å². The van der Waals surface area contributed by atoms with E-state index in [1.807, 2.05) is 127 Å². The third-order valence-corrected chi connectivity index (χ3v) is 10.7. The average Bonchev–Trinajstić information content (AvgIpc) is 3.97. The van der Waals surface area contributed by atoms with Crippen molar-refractivity contribution in [1.29, 1.82) is 0 Å². The van der Waals surface area contributed by atoms with Crippen LogP contribution in [0.1, 0.15) is 39.5 Å². The molecule has 0 saturated heterocycles. The molecule has 0 amide bonds. The molecule has 8 bridgehead atoms. The molecule has 7 nitrogen and oxygen atoms in total. The van der Waals surface area contributed by atoms with Crippen LogP contribution in [0.4, 0.5) is 0 Å². The van der Waals surface area contributed by atoms with Gasteiger partial charge in [0.25, 0.3) is 10.1 Å². The Balaban J connectivity index is 1.56. The Labute approximate surface area is 300 Å². The number of benzene rings is 4. The lowest BCUT2D eigenvalue weighted by Crippen LogP contribution is -2.29. The predicted octanol–water partition coefficient (Wildman–Crippen LogP) is 9.36. The number of nitrogens with zero attached hydrogens (tertiary/aromatic N) is 2. The second-order valence-electron chi connectivity index (χ2n) is 13.1. The van der Waals surface area contributed by atoms with Gasteiger partial charge in [-0.2, -0.15) is 8.42 Å². The van der Waals surface area contributed by atoms with Crippen LogP contribution in [-0.2, 0) is 22.0 Å². The number of hydrogen-bond donors (Lipinski definition) is 3. The van der Waals surface area contributed by atoms with Crippen LogP contribution in [0.5, 0.6) is 0 Å². The molecule has 0 aliphatic carbocycles. The molecule has 7 aromatic rings. The van der Waals surface area contributed by atoms with Gasteiger partial charge in [0.1, 0.15) is 4.91 Å². The second-order valence-corrected chi connectivity index (χ2v) is 14.4. The van der Waals surface area contributed by atoms with E-state index in [9.17, 15) is 13.0 Å². The molecule has 0 radical (unpaired) electrons. The molecule has 9 rings (SSSR count). The highest BCUT2D eigenvalue weighted by atomic mass is 32.2. The first-order valence-corrected chi connectivity index (χ1v) is 18.5. The first-order valence-electron chi connectivity index (χ1n) is 17.0. The van der Waals surface area contributed by atoms with E-state index < -0.39 is 15.5 Å². The summed E-state index contributed by atoms with van der Waals surface area (Å²) in [6.45, 7) is 0. The molecular formula is C44H32N4O3S. The Morgan fingerprint density at radius 3 is 1.58 bits per heavy atom. The second kappa shape index (κ2) is 12.5. The molecule has 0 unspecified atom stereocenters. The van der Waals surface area contributed by atoms with Crippen molar-refractivity contribution in [3.63, 3.8) is 0 Å². The Morgan fingerprint density at radius 2 is 1.04 bits per heavy atom. The number of nitrogens with one attached hydrogen (secondary N) is 2. The first kappa shape index (κ1) is 31.6. The molecule has 3 aromatic heterocycles. The topological polar surface area (TPSA) is 112 Å². The van der Waals surface area contributed by atoms with Crippen LogP contribution in [0.25, 0.3) is 43.7 Å². The molecule has 5 heterocycles. The summed E-state index contributed by atoms with van der Waals surface area (Å²) in [5, 5.41) is 0. The van der Waals surface area contributed by atoms with Gasteiger partial charge >= 0.3 is 0 Å². The summed E-state index contributed by atoms with van der Waals surface area (Å²) >= 11 is 0. The van der Waals surface area contributed by atoms with E-state index in [0.717, 1.165) is 44.6 Å². The Morgan fingerprint density at radius 1 is 0.558 bits per heavy atom. The highest BCUT2D eigenvalue weighted by molar-refractivity contribution is 7.95. The fraction of sp³-hybridized carbons (Fsp3) is 0.0455. The van der Waals surface area contributed by atoms with Crippen LogP contribution in [0, 0.1) is 0 Å². The molecule has 0 saturated carbocycles. The van der Waals surface area contributed by atoms with Crippen molar-refractivity contribution in [2.75, 3.05) is 0 Å². The molecule has 2 aliphatic rings. The molecule has 3 N–H and O–H groups in total. The number of fused-ring (bicyclic) bond motifs is 8. The molecule has 252 valence electrons. The molecule has 52 heavy (non-hydrogen) atoms. The summed E-state index contributed by atoms with van der Waals surface area (Å²) in [5.41, 5.74) is 8.95. The summed E-state index contributed by atoms with van der Waals surface area (Å²) in [7, 11) is -4.81. The van der Waals surface area contributed by atoms with E-state index in [4.69, 9.17) is 9.97 Å². The van der Waals surface area contributed by atoms with Crippen LogP contribution in [-0.4, -0.2) is 32.9 Å². The van der Waals surface area contributed by atoms with E-state index in [-0.39, 0.29) is 10.6 Å². The third kappa shape index (κ3) is 5.45. The van der Waals surface area contributed by atoms with Gasteiger partial charge in [-0.1, -0.05) is 121 Å². The van der Waals surface area contributed by atoms with Crippen LogP contribution in [0.2, 0.25) is 0 Å². The Bertz CT molecular complexity index is 2740. The zero-order valence-electron chi connectivity index (χ0n) is 27.9. The van der Waals surface area contributed by atoms with Crippen molar-refractivity contribution >= 4 is 42.7 Å². The van der Waals surface area contributed by atoms with E-state index in [0.29, 0.717) is 34.3 Å². The monoisotopic (exact) mass is 696 g/mol. The molecule has 0 fully saturated rings. The van der Waals surface area contributed by atoms with Crippen molar-refractivity contribution in [1.82, 2.24) is 19.9 Å². The first-order chi connectivity index (χ1) is 25.4. The molecule has 0 spiro atoms. The summed E-state index contributed by atoms with van der Waals surface area (Å²) < 4.78 is 38.3. The van der Waals surface area contributed by atoms with E-state index in [1.54, 1.807) is 6.07 Å². The van der Waals surface area contributed by atoms with Gasteiger partial charge in [0.15, 0.2) is 0 Å². The van der Waals surface area contributed by atoms with Gasteiger partial charge in [-0.15, -0.1) is 0 Å². The lowest BCUT2D eigenvalue weighted by molar-refractivity contribution is 0.496. The minimum atomic E-state index is -4.81. The molecule has 8 heteroatoms. The van der Waals surface area contributed by atoms with Gasteiger partial charge in [0, 0.05) is 45.3 Å². The van der Waals surface area contributed by atoms with Crippen molar-refractivity contribution in [2.45, 2.75) is 11.8 Å². The van der Waals surface area contributed by atoms with Gasteiger partial charge in [0.2, 0.25) is 0 Å². The van der Waals surface area contributed by atoms with E-state index in [2.05, 4.69) is 40.3 Å². The standard InChI is InChI=1S/C44H32N4O3S/c49-52(50,51)42-38-27-36-24-23-34(46-36)25-33-21-22-35(45-33)26-37-28-44(31-17-9-3-10-18-31,32-19-11-4-12-20-32)43(47-37)40(30-15-7-2-8-16-30)41(48-38)39(42)29-13-5-1-6-14-29/h1-27,45-46H,28H2,(H,49,50,51). The number of aromatic amines is 2. The summed E-state index contributed by atoms with van der Waals surface area (Å²) in [4.78, 5) is 17.3. The average molecular weight is 697 g/mol. The Hall–Kier alpha value is -6.35. The van der Waals surface area contributed by atoms with Crippen LogP contribution in [0.3, 0.4) is 0 Å². The summed E-state index contributed by atoms with van der Waals surface area (Å²) in [6.07, 6.45) is 0.524. The third-order valence-electron chi connectivity index (χ3n) is 9.81. The van der Waals surface area contributed by atoms with Crippen LogP contribution >= 0.6 is 0 Å². The highest BCUT2D eigenvalue weighted by Gasteiger charge is 2.45. The summed E-state index contributed by atoms with van der Waals surface area (Å²) in [5.74, 6) is 0. The van der Waals surface area contributed by atoms with E-state index in [1.165, 1.54) is 0 Å². The van der Waals surface area contributed by atoms with Gasteiger partial charge in [-0.3, -0.25) is 9.54 Å². The zero-order valence-corrected chi connectivity index (χ0v) is 28.7. The van der Waals surface area contributed by atoms with Gasteiger partial charge in [-0.25, -0.2) is 4.98 Å². The minimum Gasteiger partial charge on any atom is -0.355 e. The molecular weight excluding hydrogens is 665 g/mol. The Kier molecular flexibility index (Phi) is 7.57. The maximum atomic E-state index is 13.6. The molecule has 0 atom stereocenters. The smallest absolute Gasteiger partial charge is 0.297 e. The highest BCUT2D eigenvalue weighted by Crippen LogP contribution is 2.50. The number of hydrogen-bond acceptors (Lipinski definition) is 4.